The maximum absolute atomic E-state index is 13.3. The van der Waals surface area contributed by atoms with Crippen LogP contribution in [0.25, 0.3) is 0 Å². The highest BCUT2D eigenvalue weighted by Gasteiger charge is 2.43. The van der Waals surface area contributed by atoms with Crippen molar-refractivity contribution >= 4 is 40.6 Å². The summed E-state index contributed by atoms with van der Waals surface area (Å²) in [5.41, 5.74) is 5.09. The summed E-state index contributed by atoms with van der Waals surface area (Å²) in [4.78, 5) is 13.3. The van der Waals surface area contributed by atoms with Gasteiger partial charge in [0.1, 0.15) is 0 Å². The summed E-state index contributed by atoms with van der Waals surface area (Å²) in [6.07, 6.45) is 1.91. The molecule has 3 aromatic carbocycles. The van der Waals surface area contributed by atoms with Crippen LogP contribution in [0.2, 0.25) is 10.0 Å². The lowest BCUT2D eigenvalue weighted by Crippen LogP contribution is -2.34. The summed E-state index contributed by atoms with van der Waals surface area (Å²) in [6.45, 7) is 0. The van der Waals surface area contributed by atoms with Crippen LogP contribution in [0.15, 0.2) is 77.9 Å². The van der Waals surface area contributed by atoms with E-state index in [9.17, 15) is 4.79 Å². The Bertz CT molecular complexity index is 1130. The number of hydrazone groups is 1. The van der Waals surface area contributed by atoms with Crippen molar-refractivity contribution in [1.29, 1.82) is 0 Å². The van der Waals surface area contributed by atoms with Crippen molar-refractivity contribution in [3.05, 3.63) is 99.5 Å². The van der Waals surface area contributed by atoms with Crippen molar-refractivity contribution in [2.24, 2.45) is 11.0 Å². The first-order valence-corrected chi connectivity index (χ1v) is 10.6. The Balaban J connectivity index is 1.53. The number of anilines is 1. The zero-order valence-corrected chi connectivity index (χ0v) is 17.6. The molecular weight excluding hydrogens is 417 g/mol. The molecule has 0 fully saturated rings. The molecule has 0 aromatic heterocycles. The molecule has 0 saturated carbocycles. The number of nitrogens with zero attached hydrogens (tertiary/aromatic N) is 2. The standard InChI is InChI=1S/C24H19Cl2N3O/c25-17-8-5-16(6-9-17)23-21-14-7-15-3-1-2-4-20(15)22(21)28-29(23)24(30)27-19-12-10-18(26)11-13-19/h1-6,8-13,21,23H,7,14H2,(H,27,30)/t21-,23+/m0/s1. The maximum Gasteiger partial charge on any atom is 0.342 e. The minimum absolute atomic E-state index is 0.136. The number of carbonyl (C=O) groups excluding carboxylic acids is 1. The fourth-order valence-corrected chi connectivity index (χ4v) is 4.59. The monoisotopic (exact) mass is 435 g/mol. The third kappa shape index (κ3) is 3.47. The molecule has 0 spiro atoms. The largest absolute Gasteiger partial charge is 0.342 e. The molecule has 2 atom stereocenters. The molecule has 4 nitrogen and oxygen atoms in total. The minimum Gasteiger partial charge on any atom is -0.306 e. The first kappa shape index (κ1) is 19.2. The van der Waals surface area contributed by atoms with Crippen molar-refractivity contribution in [3.8, 4) is 0 Å². The van der Waals surface area contributed by atoms with Gasteiger partial charge in [0.15, 0.2) is 0 Å². The molecule has 1 aliphatic heterocycles. The Hall–Kier alpha value is -2.82. The van der Waals surface area contributed by atoms with Crippen molar-refractivity contribution < 1.29 is 4.79 Å². The van der Waals surface area contributed by atoms with E-state index in [1.165, 1.54) is 5.56 Å². The first-order valence-electron chi connectivity index (χ1n) is 9.88. The number of rotatable bonds is 2. The first-order chi connectivity index (χ1) is 14.6. The third-order valence-corrected chi connectivity index (χ3v) is 6.25. The normalized spacial score (nSPS) is 19.7. The van der Waals surface area contributed by atoms with Gasteiger partial charge in [0.2, 0.25) is 0 Å². The number of nitrogens with one attached hydrogen (secondary N) is 1. The molecule has 3 aromatic rings. The topological polar surface area (TPSA) is 44.7 Å². The molecule has 6 heteroatoms. The Morgan fingerprint density at radius 3 is 2.33 bits per heavy atom. The van der Waals surface area contributed by atoms with Gasteiger partial charge in [0.25, 0.3) is 0 Å². The molecule has 2 aliphatic rings. The summed E-state index contributed by atoms with van der Waals surface area (Å²) in [7, 11) is 0. The van der Waals surface area contributed by atoms with E-state index in [0.29, 0.717) is 15.7 Å². The quantitative estimate of drug-likeness (QED) is 0.487. The summed E-state index contributed by atoms with van der Waals surface area (Å²) < 4.78 is 0. The highest BCUT2D eigenvalue weighted by molar-refractivity contribution is 6.30. The molecule has 0 radical (unpaired) electrons. The van der Waals surface area contributed by atoms with Crippen molar-refractivity contribution in [2.45, 2.75) is 18.9 Å². The number of benzene rings is 3. The van der Waals surface area contributed by atoms with Crippen LogP contribution in [0.3, 0.4) is 0 Å². The lowest BCUT2D eigenvalue weighted by molar-refractivity contribution is 0.188. The molecule has 2 amide bonds. The minimum atomic E-state index is -0.267. The number of amides is 2. The third-order valence-electron chi connectivity index (χ3n) is 5.74. The van der Waals surface area contributed by atoms with E-state index in [4.69, 9.17) is 28.3 Å². The number of hydrogen-bond acceptors (Lipinski definition) is 2. The lowest BCUT2D eigenvalue weighted by Gasteiger charge is -2.29. The van der Waals surface area contributed by atoms with E-state index in [2.05, 4.69) is 23.5 Å². The van der Waals surface area contributed by atoms with Gasteiger partial charge in [-0.25, -0.2) is 9.80 Å². The summed E-state index contributed by atoms with van der Waals surface area (Å²) in [6, 6.07) is 22.6. The van der Waals surface area contributed by atoms with Gasteiger partial charge in [-0.05, 0) is 60.4 Å². The van der Waals surface area contributed by atoms with E-state index in [1.54, 1.807) is 29.3 Å². The molecule has 1 N–H and O–H groups in total. The summed E-state index contributed by atoms with van der Waals surface area (Å²) in [5, 5.41) is 10.7. The van der Waals surface area contributed by atoms with Crippen molar-refractivity contribution in [2.75, 3.05) is 5.32 Å². The van der Waals surface area contributed by atoms with Gasteiger partial charge in [-0.15, -0.1) is 0 Å². The number of aryl methyl sites for hydroxylation is 1. The van der Waals surface area contributed by atoms with Crippen LogP contribution in [-0.4, -0.2) is 16.8 Å². The van der Waals surface area contributed by atoms with Gasteiger partial charge in [-0.2, -0.15) is 5.10 Å². The van der Waals surface area contributed by atoms with Crippen LogP contribution in [0.1, 0.15) is 29.2 Å². The molecule has 0 saturated heterocycles. The van der Waals surface area contributed by atoms with Gasteiger partial charge in [-0.1, -0.05) is 59.6 Å². The lowest BCUT2D eigenvalue weighted by atomic mass is 9.77. The molecular formula is C24H19Cl2N3O. The number of fused-ring (bicyclic) bond motifs is 3. The molecule has 1 aliphatic carbocycles. The fourth-order valence-electron chi connectivity index (χ4n) is 4.34. The van der Waals surface area contributed by atoms with Crippen LogP contribution in [0.4, 0.5) is 10.5 Å². The molecule has 0 bridgehead atoms. The van der Waals surface area contributed by atoms with Gasteiger partial charge < -0.3 is 5.32 Å². The van der Waals surface area contributed by atoms with Gasteiger partial charge in [-0.3, -0.25) is 0 Å². The van der Waals surface area contributed by atoms with Gasteiger partial charge in [0, 0.05) is 27.2 Å². The second kappa shape index (κ2) is 7.78. The SMILES string of the molecule is O=C(Nc1ccc(Cl)cc1)N1N=C2c3ccccc3CC[C@@H]2[C@H]1c1ccc(Cl)cc1. The van der Waals surface area contributed by atoms with Crippen LogP contribution < -0.4 is 5.32 Å². The van der Waals surface area contributed by atoms with Crippen molar-refractivity contribution in [3.63, 3.8) is 0 Å². The van der Waals surface area contributed by atoms with Crippen molar-refractivity contribution in [1.82, 2.24) is 5.01 Å². The number of halogens is 2. The second-order valence-electron chi connectivity index (χ2n) is 7.57. The molecule has 0 unspecified atom stereocenters. The average Bonchev–Trinajstić information content (AvgIpc) is 3.16. The van der Waals surface area contributed by atoms with Crippen LogP contribution in [0.5, 0.6) is 0 Å². The zero-order chi connectivity index (χ0) is 20.7. The van der Waals surface area contributed by atoms with Crippen LogP contribution in [-0.2, 0) is 6.42 Å². The van der Waals surface area contributed by atoms with Crippen LogP contribution in [0, 0.1) is 5.92 Å². The van der Waals surface area contributed by atoms with Gasteiger partial charge in [0.05, 0.1) is 11.8 Å². The molecule has 5 rings (SSSR count). The Labute approximate surface area is 185 Å². The fraction of sp³-hybridized carbons (Fsp3) is 0.167. The predicted molar refractivity (Wildman–Crippen MR) is 121 cm³/mol. The highest BCUT2D eigenvalue weighted by Crippen LogP contribution is 2.43. The highest BCUT2D eigenvalue weighted by atomic mass is 35.5. The number of carbonyl (C=O) groups is 1. The van der Waals surface area contributed by atoms with E-state index in [0.717, 1.165) is 29.7 Å². The molecule has 1 heterocycles. The average molecular weight is 436 g/mol. The molecule has 150 valence electrons. The maximum atomic E-state index is 13.3. The van der Waals surface area contributed by atoms with E-state index < -0.39 is 0 Å². The smallest absolute Gasteiger partial charge is 0.306 e. The Morgan fingerprint density at radius 1 is 0.933 bits per heavy atom. The number of urea groups is 1. The Kier molecular flexibility index (Phi) is 4.97. The van der Waals surface area contributed by atoms with E-state index in [-0.39, 0.29) is 18.0 Å². The number of hydrogen-bond donors (Lipinski definition) is 1. The summed E-state index contributed by atoms with van der Waals surface area (Å²) >= 11 is 12.1. The predicted octanol–water partition coefficient (Wildman–Crippen LogP) is 6.55. The zero-order valence-electron chi connectivity index (χ0n) is 16.1. The second-order valence-corrected chi connectivity index (χ2v) is 8.44. The van der Waals surface area contributed by atoms with E-state index in [1.807, 2.05) is 30.3 Å². The molecule has 30 heavy (non-hydrogen) atoms. The van der Waals surface area contributed by atoms with E-state index >= 15 is 0 Å². The van der Waals surface area contributed by atoms with Gasteiger partial charge >= 0.3 is 6.03 Å². The van der Waals surface area contributed by atoms with Crippen LogP contribution >= 0.6 is 23.2 Å². The summed E-state index contributed by atoms with van der Waals surface area (Å²) in [5.74, 6) is 0.136. The Morgan fingerprint density at radius 2 is 1.60 bits per heavy atom.